The van der Waals surface area contributed by atoms with Crippen LogP contribution in [-0.4, -0.2) is 30.6 Å². The van der Waals surface area contributed by atoms with Gasteiger partial charge in [-0.3, -0.25) is 9.59 Å². The average molecular weight is 229 g/mol. The van der Waals surface area contributed by atoms with Crippen LogP contribution in [0.25, 0.3) is 0 Å². The van der Waals surface area contributed by atoms with Crippen LogP contribution in [0.3, 0.4) is 0 Å². The summed E-state index contributed by atoms with van der Waals surface area (Å²) in [4.78, 5) is 23.7. The Labute approximate surface area is 98.0 Å². The number of esters is 1. The van der Waals surface area contributed by atoms with E-state index in [-0.39, 0.29) is 18.1 Å². The topological polar surface area (TPSA) is 46.6 Å². The zero-order chi connectivity index (χ0) is 13.0. The molecule has 0 spiro atoms. The minimum absolute atomic E-state index is 0.00491. The summed E-state index contributed by atoms with van der Waals surface area (Å²) in [5.74, 6) is -0.298. The molecule has 0 N–H and O–H groups in total. The Morgan fingerprint density at radius 2 is 1.69 bits per heavy atom. The van der Waals surface area contributed by atoms with E-state index in [0.717, 1.165) is 0 Å². The Kier molecular flexibility index (Phi) is 4.97. The number of nitrogens with zero attached hydrogens (tertiary/aromatic N) is 1. The van der Waals surface area contributed by atoms with Crippen molar-refractivity contribution in [2.75, 3.05) is 13.3 Å². The molecular weight excluding hydrogens is 206 g/mol. The molecule has 0 rings (SSSR count). The molecule has 0 atom stereocenters. The SMILES string of the molecule is CC(C)(C)CN(C=O)COC(=O)C(C)(C)C. The van der Waals surface area contributed by atoms with Gasteiger partial charge in [0.1, 0.15) is 0 Å². The lowest BCUT2D eigenvalue weighted by Gasteiger charge is -2.27. The van der Waals surface area contributed by atoms with Gasteiger partial charge in [-0.05, 0) is 26.2 Å². The molecule has 0 radical (unpaired) electrons. The normalized spacial score (nSPS) is 12.1. The van der Waals surface area contributed by atoms with E-state index in [4.69, 9.17) is 4.74 Å². The first-order valence-corrected chi connectivity index (χ1v) is 5.43. The van der Waals surface area contributed by atoms with Gasteiger partial charge in [-0.2, -0.15) is 0 Å². The highest BCUT2D eigenvalue weighted by molar-refractivity contribution is 5.75. The summed E-state index contributed by atoms with van der Waals surface area (Å²) in [5.41, 5.74) is -0.536. The lowest BCUT2D eigenvalue weighted by atomic mass is 9.96. The van der Waals surface area contributed by atoms with Crippen molar-refractivity contribution in [3.63, 3.8) is 0 Å². The number of amides is 1. The van der Waals surface area contributed by atoms with Gasteiger partial charge in [-0.15, -0.1) is 0 Å². The number of carbonyl (C=O) groups is 2. The van der Waals surface area contributed by atoms with Crippen molar-refractivity contribution in [3.05, 3.63) is 0 Å². The van der Waals surface area contributed by atoms with Crippen LogP contribution in [0.5, 0.6) is 0 Å². The van der Waals surface area contributed by atoms with Crippen molar-refractivity contribution in [1.82, 2.24) is 4.90 Å². The third-order valence-corrected chi connectivity index (χ3v) is 1.80. The molecule has 4 heteroatoms. The number of ether oxygens (including phenoxy) is 1. The second-order valence-electron chi connectivity index (χ2n) is 6.22. The van der Waals surface area contributed by atoms with Gasteiger partial charge in [0, 0.05) is 6.54 Å². The van der Waals surface area contributed by atoms with Crippen molar-refractivity contribution in [2.45, 2.75) is 41.5 Å². The second-order valence-corrected chi connectivity index (χ2v) is 6.22. The Balaban J connectivity index is 4.17. The molecule has 94 valence electrons. The fourth-order valence-corrected chi connectivity index (χ4v) is 1.08. The van der Waals surface area contributed by atoms with Crippen LogP contribution in [-0.2, 0) is 14.3 Å². The molecule has 0 aliphatic heterocycles. The standard InChI is InChI=1S/C12H23NO3/c1-11(2,3)7-13(8-14)9-16-10(15)12(4,5)6/h8H,7,9H2,1-6H3. The summed E-state index contributed by atoms with van der Waals surface area (Å²) in [5, 5.41) is 0. The molecule has 0 aromatic heterocycles. The maximum atomic E-state index is 11.5. The summed E-state index contributed by atoms with van der Waals surface area (Å²) >= 11 is 0. The minimum Gasteiger partial charge on any atom is -0.444 e. The van der Waals surface area contributed by atoms with Crippen LogP contribution in [0, 0.1) is 10.8 Å². The van der Waals surface area contributed by atoms with Gasteiger partial charge < -0.3 is 9.64 Å². The number of rotatable bonds is 4. The van der Waals surface area contributed by atoms with Gasteiger partial charge in [-0.25, -0.2) is 0 Å². The van der Waals surface area contributed by atoms with Crippen LogP contribution in [0.4, 0.5) is 0 Å². The van der Waals surface area contributed by atoms with Crippen molar-refractivity contribution in [2.24, 2.45) is 10.8 Å². The van der Waals surface area contributed by atoms with Gasteiger partial charge in [0.2, 0.25) is 6.41 Å². The predicted octanol–water partition coefficient (Wildman–Crippen LogP) is 2.04. The monoisotopic (exact) mass is 229 g/mol. The van der Waals surface area contributed by atoms with E-state index in [9.17, 15) is 9.59 Å². The molecule has 0 fully saturated rings. The number of hydrogen-bond acceptors (Lipinski definition) is 3. The molecular formula is C12H23NO3. The number of carbonyl (C=O) groups excluding carboxylic acids is 2. The third kappa shape index (κ3) is 6.43. The molecule has 0 unspecified atom stereocenters. The van der Waals surface area contributed by atoms with Crippen LogP contribution in [0.2, 0.25) is 0 Å². The highest BCUT2D eigenvalue weighted by Crippen LogP contribution is 2.17. The molecule has 0 aliphatic rings. The molecule has 1 amide bonds. The highest BCUT2D eigenvalue weighted by atomic mass is 16.5. The van der Waals surface area contributed by atoms with Crippen molar-refractivity contribution in [3.8, 4) is 0 Å². The van der Waals surface area contributed by atoms with Crippen molar-refractivity contribution >= 4 is 12.4 Å². The largest absolute Gasteiger partial charge is 0.444 e. The Hall–Kier alpha value is -1.06. The lowest BCUT2D eigenvalue weighted by Crippen LogP contribution is -2.36. The van der Waals surface area contributed by atoms with E-state index < -0.39 is 5.41 Å². The first kappa shape index (κ1) is 14.9. The molecule has 4 nitrogen and oxygen atoms in total. The van der Waals surface area contributed by atoms with E-state index in [2.05, 4.69) is 0 Å². The second kappa shape index (κ2) is 5.32. The van der Waals surface area contributed by atoms with Crippen molar-refractivity contribution in [1.29, 1.82) is 0 Å². The van der Waals surface area contributed by atoms with Gasteiger partial charge in [0.05, 0.1) is 5.41 Å². The summed E-state index contributed by atoms with van der Waals surface area (Å²) in [6.45, 7) is 12.0. The lowest BCUT2D eigenvalue weighted by molar-refractivity contribution is -0.159. The first-order chi connectivity index (χ1) is 7.06. The zero-order valence-electron chi connectivity index (χ0n) is 11.2. The summed E-state index contributed by atoms with van der Waals surface area (Å²) in [6, 6.07) is 0. The predicted molar refractivity (Wildman–Crippen MR) is 62.6 cm³/mol. The zero-order valence-corrected chi connectivity index (χ0v) is 11.2. The summed E-state index contributed by atoms with van der Waals surface area (Å²) in [7, 11) is 0. The molecule has 0 heterocycles. The van der Waals surface area contributed by atoms with Gasteiger partial charge in [-0.1, -0.05) is 20.8 Å². The third-order valence-electron chi connectivity index (χ3n) is 1.80. The van der Waals surface area contributed by atoms with Gasteiger partial charge in [0.25, 0.3) is 0 Å². The van der Waals surface area contributed by atoms with E-state index in [1.165, 1.54) is 4.90 Å². The van der Waals surface area contributed by atoms with Crippen LogP contribution in [0.15, 0.2) is 0 Å². The molecule has 0 bridgehead atoms. The Morgan fingerprint density at radius 3 is 2.00 bits per heavy atom. The average Bonchev–Trinajstić information content (AvgIpc) is 2.08. The molecule has 0 aliphatic carbocycles. The number of hydrogen-bond donors (Lipinski definition) is 0. The van der Waals surface area contributed by atoms with Crippen LogP contribution >= 0.6 is 0 Å². The van der Waals surface area contributed by atoms with Crippen LogP contribution < -0.4 is 0 Å². The first-order valence-electron chi connectivity index (χ1n) is 5.43. The van der Waals surface area contributed by atoms with Crippen LogP contribution in [0.1, 0.15) is 41.5 Å². The minimum atomic E-state index is -0.531. The Morgan fingerprint density at radius 1 is 1.19 bits per heavy atom. The molecule has 0 saturated carbocycles. The maximum absolute atomic E-state index is 11.5. The van der Waals surface area contributed by atoms with E-state index >= 15 is 0 Å². The quantitative estimate of drug-likeness (QED) is 0.421. The summed E-state index contributed by atoms with van der Waals surface area (Å²) < 4.78 is 5.06. The molecule has 0 saturated heterocycles. The van der Waals surface area contributed by atoms with Gasteiger partial charge in [0.15, 0.2) is 6.73 Å². The fraction of sp³-hybridized carbons (Fsp3) is 0.833. The van der Waals surface area contributed by atoms with E-state index in [1.807, 2.05) is 20.8 Å². The highest BCUT2D eigenvalue weighted by Gasteiger charge is 2.24. The molecule has 0 aromatic rings. The van der Waals surface area contributed by atoms with Crippen molar-refractivity contribution < 1.29 is 14.3 Å². The summed E-state index contributed by atoms with van der Waals surface area (Å²) in [6.07, 6.45) is 0.710. The van der Waals surface area contributed by atoms with Gasteiger partial charge >= 0.3 is 5.97 Å². The molecule has 16 heavy (non-hydrogen) atoms. The van der Waals surface area contributed by atoms with E-state index in [0.29, 0.717) is 13.0 Å². The molecule has 0 aromatic carbocycles. The maximum Gasteiger partial charge on any atom is 0.312 e. The van der Waals surface area contributed by atoms with E-state index in [1.54, 1.807) is 20.8 Å². The fourth-order valence-electron chi connectivity index (χ4n) is 1.08. The smallest absolute Gasteiger partial charge is 0.312 e. The Bertz CT molecular complexity index is 248.